The van der Waals surface area contributed by atoms with Gasteiger partial charge in [-0.1, -0.05) is 25.4 Å². The minimum Gasteiger partial charge on any atom is -0.463 e. The SMILES string of the molecule is CC/C=N\OC(CCC)C(=O)OCC. The zero-order valence-electron chi connectivity index (χ0n) is 9.16. The lowest BCUT2D eigenvalue weighted by Crippen LogP contribution is -2.24. The molecular formula is C10H19NO3. The highest BCUT2D eigenvalue weighted by molar-refractivity contribution is 5.74. The van der Waals surface area contributed by atoms with Gasteiger partial charge in [0.05, 0.1) is 6.61 Å². The number of carbonyl (C=O) groups excluding carboxylic acids is 1. The Balaban J connectivity index is 3.99. The van der Waals surface area contributed by atoms with Gasteiger partial charge in [-0.25, -0.2) is 4.79 Å². The van der Waals surface area contributed by atoms with Crippen LogP contribution in [0.5, 0.6) is 0 Å². The Morgan fingerprint density at radius 2 is 2.14 bits per heavy atom. The van der Waals surface area contributed by atoms with E-state index in [0.717, 1.165) is 12.8 Å². The van der Waals surface area contributed by atoms with Gasteiger partial charge in [0.25, 0.3) is 0 Å². The lowest BCUT2D eigenvalue weighted by atomic mass is 10.2. The molecule has 0 aliphatic heterocycles. The topological polar surface area (TPSA) is 47.9 Å². The number of rotatable bonds is 7. The van der Waals surface area contributed by atoms with E-state index in [2.05, 4.69) is 5.16 Å². The molecule has 0 rings (SSSR count). The molecular weight excluding hydrogens is 182 g/mol. The highest BCUT2D eigenvalue weighted by Gasteiger charge is 2.20. The molecule has 0 saturated carbocycles. The summed E-state index contributed by atoms with van der Waals surface area (Å²) in [6.07, 6.45) is 3.37. The summed E-state index contributed by atoms with van der Waals surface area (Å²) in [5.74, 6) is -0.331. The van der Waals surface area contributed by atoms with Crippen molar-refractivity contribution in [3.8, 4) is 0 Å². The van der Waals surface area contributed by atoms with Crippen LogP contribution in [-0.4, -0.2) is 24.9 Å². The lowest BCUT2D eigenvalue weighted by Gasteiger charge is -2.11. The minimum absolute atomic E-state index is 0.331. The van der Waals surface area contributed by atoms with Crippen LogP contribution < -0.4 is 0 Å². The van der Waals surface area contributed by atoms with Crippen LogP contribution in [-0.2, 0) is 14.4 Å². The number of hydrogen-bond donors (Lipinski definition) is 0. The second kappa shape index (κ2) is 8.53. The summed E-state index contributed by atoms with van der Waals surface area (Å²) < 4.78 is 4.85. The van der Waals surface area contributed by atoms with Crippen molar-refractivity contribution >= 4 is 12.2 Å². The van der Waals surface area contributed by atoms with Crippen molar-refractivity contribution in [1.29, 1.82) is 0 Å². The van der Waals surface area contributed by atoms with E-state index in [1.165, 1.54) is 0 Å². The molecule has 0 aromatic rings. The molecule has 0 heterocycles. The average molecular weight is 201 g/mol. The summed E-state index contributed by atoms with van der Waals surface area (Å²) >= 11 is 0. The van der Waals surface area contributed by atoms with E-state index in [1.54, 1.807) is 13.1 Å². The van der Waals surface area contributed by atoms with Gasteiger partial charge in [-0.05, 0) is 19.8 Å². The van der Waals surface area contributed by atoms with Crippen molar-refractivity contribution < 1.29 is 14.4 Å². The number of oxime groups is 1. The third-order valence-corrected chi connectivity index (χ3v) is 1.55. The van der Waals surface area contributed by atoms with E-state index in [0.29, 0.717) is 13.0 Å². The van der Waals surface area contributed by atoms with Crippen LogP contribution in [0.1, 0.15) is 40.0 Å². The molecule has 1 atom stereocenters. The summed E-state index contributed by atoms with van der Waals surface area (Å²) in [4.78, 5) is 16.3. The minimum atomic E-state index is -0.553. The Morgan fingerprint density at radius 1 is 1.43 bits per heavy atom. The van der Waals surface area contributed by atoms with Gasteiger partial charge >= 0.3 is 5.97 Å². The monoisotopic (exact) mass is 201 g/mol. The predicted molar refractivity (Wildman–Crippen MR) is 55.2 cm³/mol. The molecule has 4 heteroatoms. The molecule has 82 valence electrons. The maximum Gasteiger partial charge on any atom is 0.350 e. The predicted octanol–water partition coefficient (Wildman–Crippen LogP) is 2.13. The van der Waals surface area contributed by atoms with Gasteiger partial charge in [-0.15, -0.1) is 0 Å². The first-order valence-electron chi connectivity index (χ1n) is 5.10. The zero-order valence-corrected chi connectivity index (χ0v) is 9.16. The maximum atomic E-state index is 11.3. The van der Waals surface area contributed by atoms with E-state index in [4.69, 9.17) is 9.57 Å². The Morgan fingerprint density at radius 3 is 2.64 bits per heavy atom. The van der Waals surface area contributed by atoms with Crippen LogP contribution in [0.25, 0.3) is 0 Å². The van der Waals surface area contributed by atoms with Gasteiger partial charge in [-0.3, -0.25) is 0 Å². The molecule has 0 aliphatic rings. The van der Waals surface area contributed by atoms with Crippen LogP contribution in [0.4, 0.5) is 0 Å². The fourth-order valence-corrected chi connectivity index (χ4v) is 0.902. The van der Waals surface area contributed by atoms with Gasteiger partial charge in [0, 0.05) is 6.21 Å². The van der Waals surface area contributed by atoms with Crippen LogP contribution in [0.15, 0.2) is 5.16 Å². The third-order valence-electron chi connectivity index (χ3n) is 1.55. The molecule has 0 fully saturated rings. The maximum absolute atomic E-state index is 11.3. The van der Waals surface area contributed by atoms with E-state index in [-0.39, 0.29) is 5.97 Å². The van der Waals surface area contributed by atoms with Gasteiger partial charge in [-0.2, -0.15) is 0 Å². The van der Waals surface area contributed by atoms with E-state index >= 15 is 0 Å². The first-order chi connectivity index (χ1) is 6.76. The molecule has 4 nitrogen and oxygen atoms in total. The lowest BCUT2D eigenvalue weighted by molar-refractivity contribution is -0.157. The summed E-state index contributed by atoms with van der Waals surface area (Å²) in [7, 11) is 0. The number of ether oxygens (including phenoxy) is 1. The molecule has 0 amide bonds. The molecule has 0 aromatic heterocycles. The molecule has 0 aliphatic carbocycles. The number of hydrogen-bond acceptors (Lipinski definition) is 4. The second-order valence-electron chi connectivity index (χ2n) is 2.83. The summed E-state index contributed by atoms with van der Waals surface area (Å²) in [5, 5.41) is 3.69. The number of esters is 1. The average Bonchev–Trinajstić information content (AvgIpc) is 2.17. The van der Waals surface area contributed by atoms with Gasteiger partial charge in [0.1, 0.15) is 0 Å². The second-order valence-corrected chi connectivity index (χ2v) is 2.83. The molecule has 14 heavy (non-hydrogen) atoms. The van der Waals surface area contributed by atoms with E-state index in [1.807, 2.05) is 13.8 Å². The summed E-state index contributed by atoms with van der Waals surface area (Å²) in [6.45, 7) is 6.08. The van der Waals surface area contributed by atoms with Crippen molar-refractivity contribution in [1.82, 2.24) is 0 Å². The molecule has 0 saturated heterocycles. The van der Waals surface area contributed by atoms with E-state index < -0.39 is 6.10 Å². The van der Waals surface area contributed by atoms with Crippen molar-refractivity contribution in [2.24, 2.45) is 5.16 Å². The highest BCUT2D eigenvalue weighted by Crippen LogP contribution is 2.05. The first-order valence-corrected chi connectivity index (χ1v) is 5.10. The summed E-state index contributed by atoms with van der Waals surface area (Å²) in [6, 6.07) is 0. The molecule has 0 spiro atoms. The zero-order chi connectivity index (χ0) is 10.8. The Labute approximate surface area is 85.3 Å². The van der Waals surface area contributed by atoms with Crippen LogP contribution in [0, 0.1) is 0 Å². The summed E-state index contributed by atoms with van der Waals surface area (Å²) in [5.41, 5.74) is 0. The van der Waals surface area contributed by atoms with Crippen LogP contribution >= 0.6 is 0 Å². The third kappa shape index (κ3) is 5.56. The van der Waals surface area contributed by atoms with Gasteiger partial charge in [0.2, 0.25) is 6.10 Å². The molecule has 0 bridgehead atoms. The standard InChI is InChI=1S/C10H19NO3/c1-4-7-9(10(12)13-6-3)14-11-8-5-2/h8-9H,4-7H2,1-3H3/b11-8-. The van der Waals surface area contributed by atoms with Gasteiger partial charge < -0.3 is 9.57 Å². The number of carbonyl (C=O) groups is 1. The van der Waals surface area contributed by atoms with Crippen molar-refractivity contribution in [3.05, 3.63) is 0 Å². The fourth-order valence-electron chi connectivity index (χ4n) is 0.902. The van der Waals surface area contributed by atoms with Crippen molar-refractivity contribution in [2.45, 2.75) is 46.1 Å². The van der Waals surface area contributed by atoms with Crippen LogP contribution in [0.2, 0.25) is 0 Å². The smallest absolute Gasteiger partial charge is 0.350 e. The van der Waals surface area contributed by atoms with Crippen LogP contribution in [0.3, 0.4) is 0 Å². The quantitative estimate of drug-likeness (QED) is 0.360. The largest absolute Gasteiger partial charge is 0.463 e. The van der Waals surface area contributed by atoms with Crippen molar-refractivity contribution in [2.75, 3.05) is 6.61 Å². The molecule has 0 N–H and O–H groups in total. The molecule has 0 aromatic carbocycles. The van der Waals surface area contributed by atoms with Gasteiger partial charge in [0.15, 0.2) is 0 Å². The molecule has 1 unspecified atom stereocenters. The normalized spacial score (nSPS) is 12.8. The number of nitrogens with zero attached hydrogens (tertiary/aromatic N) is 1. The fraction of sp³-hybridized carbons (Fsp3) is 0.800. The van der Waals surface area contributed by atoms with Crippen molar-refractivity contribution in [3.63, 3.8) is 0 Å². The first kappa shape index (κ1) is 12.9. The van der Waals surface area contributed by atoms with E-state index in [9.17, 15) is 4.79 Å². The highest BCUT2D eigenvalue weighted by atomic mass is 16.7. The Bertz CT molecular complexity index is 180. The Kier molecular flexibility index (Phi) is 7.89. The molecule has 0 radical (unpaired) electrons. The Hall–Kier alpha value is -1.06.